The molecule has 0 spiro atoms. The molecule has 0 aliphatic carbocycles. The lowest BCUT2D eigenvalue weighted by Crippen LogP contribution is -2.26. The summed E-state index contributed by atoms with van der Waals surface area (Å²) < 4.78 is 19.5. The van der Waals surface area contributed by atoms with E-state index in [0.29, 0.717) is 18.1 Å². The highest BCUT2D eigenvalue weighted by molar-refractivity contribution is 5.78. The number of benzene rings is 3. The van der Waals surface area contributed by atoms with E-state index in [-0.39, 0.29) is 24.2 Å². The van der Waals surface area contributed by atoms with Crippen LogP contribution in [0.1, 0.15) is 30.8 Å². The highest BCUT2D eigenvalue weighted by Crippen LogP contribution is 2.32. The summed E-state index contributed by atoms with van der Waals surface area (Å²) in [6.45, 7) is 1.83. The van der Waals surface area contributed by atoms with Gasteiger partial charge in [0.15, 0.2) is 11.7 Å². The second kappa shape index (κ2) is 9.39. The minimum Gasteiger partial charge on any atom is -0.440 e. The molecule has 0 bridgehead atoms. The van der Waals surface area contributed by atoms with Crippen LogP contribution in [-0.2, 0) is 11.2 Å². The quantitative estimate of drug-likeness (QED) is 0.406. The van der Waals surface area contributed by atoms with Crippen LogP contribution < -0.4 is 5.32 Å². The van der Waals surface area contributed by atoms with Crippen LogP contribution >= 0.6 is 0 Å². The Bertz CT molecular complexity index is 1100. The van der Waals surface area contributed by atoms with Gasteiger partial charge in [-0.25, -0.2) is 9.37 Å². The van der Waals surface area contributed by atoms with Crippen molar-refractivity contribution in [3.8, 4) is 22.6 Å². The summed E-state index contributed by atoms with van der Waals surface area (Å²) in [5.41, 5.74) is 3.38. The molecule has 4 nitrogen and oxygen atoms in total. The van der Waals surface area contributed by atoms with E-state index in [1.54, 1.807) is 12.1 Å². The maximum absolute atomic E-state index is 13.4. The van der Waals surface area contributed by atoms with Crippen molar-refractivity contribution in [1.29, 1.82) is 0 Å². The third-order valence-corrected chi connectivity index (χ3v) is 5.05. The normalized spacial score (nSPS) is 11.8. The lowest BCUT2D eigenvalue weighted by Gasteiger charge is -2.14. The van der Waals surface area contributed by atoms with Gasteiger partial charge in [-0.3, -0.25) is 4.79 Å². The number of halogens is 1. The van der Waals surface area contributed by atoms with Crippen LogP contribution in [0.3, 0.4) is 0 Å². The number of nitrogens with one attached hydrogen (secondary N) is 1. The average Bonchev–Trinajstić information content (AvgIpc) is 3.23. The van der Waals surface area contributed by atoms with Crippen LogP contribution in [0, 0.1) is 5.82 Å². The lowest BCUT2D eigenvalue weighted by molar-refractivity contribution is -0.121. The number of carbonyl (C=O) groups excluding carboxylic acids is 1. The molecule has 1 unspecified atom stereocenters. The molecule has 1 aromatic heterocycles. The Morgan fingerprint density at radius 3 is 2.32 bits per heavy atom. The van der Waals surface area contributed by atoms with Crippen molar-refractivity contribution in [1.82, 2.24) is 10.3 Å². The second-order valence-corrected chi connectivity index (χ2v) is 7.36. The maximum atomic E-state index is 13.4. The highest BCUT2D eigenvalue weighted by atomic mass is 19.1. The average molecular weight is 414 g/mol. The number of carbonyl (C=O) groups is 1. The van der Waals surface area contributed by atoms with E-state index in [2.05, 4.69) is 10.3 Å². The minimum atomic E-state index is -0.319. The molecule has 1 N–H and O–H groups in total. The van der Waals surface area contributed by atoms with Gasteiger partial charge in [0.25, 0.3) is 0 Å². The van der Waals surface area contributed by atoms with Crippen LogP contribution in [0.15, 0.2) is 89.3 Å². The van der Waals surface area contributed by atoms with Gasteiger partial charge in [-0.05, 0) is 24.6 Å². The topological polar surface area (TPSA) is 55.1 Å². The van der Waals surface area contributed by atoms with Crippen molar-refractivity contribution in [2.75, 3.05) is 0 Å². The molecule has 31 heavy (non-hydrogen) atoms. The van der Waals surface area contributed by atoms with Crippen molar-refractivity contribution >= 4 is 5.91 Å². The van der Waals surface area contributed by atoms with Crippen LogP contribution in [-0.4, -0.2) is 10.9 Å². The van der Waals surface area contributed by atoms with Gasteiger partial charge in [0.2, 0.25) is 5.91 Å². The van der Waals surface area contributed by atoms with Gasteiger partial charge >= 0.3 is 0 Å². The summed E-state index contributed by atoms with van der Waals surface area (Å²) in [6, 6.07) is 25.6. The summed E-state index contributed by atoms with van der Waals surface area (Å²) in [7, 11) is 0. The van der Waals surface area contributed by atoms with Gasteiger partial charge in [-0.1, -0.05) is 72.8 Å². The van der Waals surface area contributed by atoms with Crippen molar-refractivity contribution in [2.45, 2.75) is 25.8 Å². The van der Waals surface area contributed by atoms with E-state index in [4.69, 9.17) is 4.42 Å². The van der Waals surface area contributed by atoms with Gasteiger partial charge < -0.3 is 9.73 Å². The van der Waals surface area contributed by atoms with E-state index in [1.807, 2.05) is 67.6 Å². The van der Waals surface area contributed by atoms with E-state index in [9.17, 15) is 9.18 Å². The fourth-order valence-corrected chi connectivity index (χ4v) is 3.44. The van der Waals surface area contributed by atoms with Gasteiger partial charge in [0.1, 0.15) is 11.5 Å². The summed E-state index contributed by atoms with van der Waals surface area (Å²) in [5.74, 6) is 0.736. The zero-order chi connectivity index (χ0) is 21.6. The van der Waals surface area contributed by atoms with Crippen LogP contribution in [0.2, 0.25) is 0 Å². The molecule has 1 heterocycles. The zero-order valence-electron chi connectivity index (χ0n) is 17.2. The molecule has 0 saturated heterocycles. The van der Waals surface area contributed by atoms with Crippen molar-refractivity contribution in [2.24, 2.45) is 0 Å². The number of aromatic nitrogens is 1. The monoisotopic (exact) mass is 414 g/mol. The Labute approximate surface area is 180 Å². The molecule has 0 aliphatic rings. The van der Waals surface area contributed by atoms with Gasteiger partial charge in [-0.15, -0.1) is 0 Å². The smallest absolute Gasteiger partial charge is 0.220 e. The molecule has 5 heteroatoms. The van der Waals surface area contributed by atoms with Gasteiger partial charge in [0.05, 0.1) is 6.04 Å². The largest absolute Gasteiger partial charge is 0.440 e. The molecule has 1 atom stereocenters. The van der Waals surface area contributed by atoms with Crippen molar-refractivity contribution in [3.05, 3.63) is 102 Å². The third-order valence-electron chi connectivity index (χ3n) is 5.05. The molecule has 4 rings (SSSR count). The highest BCUT2D eigenvalue weighted by Gasteiger charge is 2.18. The summed E-state index contributed by atoms with van der Waals surface area (Å²) in [5, 5.41) is 2.90. The Morgan fingerprint density at radius 1 is 0.968 bits per heavy atom. The number of hydrogen-bond donors (Lipinski definition) is 1. The first kappa shape index (κ1) is 20.5. The zero-order valence-corrected chi connectivity index (χ0v) is 17.2. The standard InChI is InChI=1S/C26H23FN2O2/c1-18(21-13-8-14-22(27)17-21)28-23(30)15-16-24-29-25(19-9-4-2-5-10-19)26(31-24)20-11-6-3-7-12-20/h2-14,17-18H,15-16H2,1H3,(H,28,30). The Balaban J connectivity index is 1.48. The van der Waals surface area contributed by atoms with Crippen molar-refractivity contribution < 1.29 is 13.6 Å². The maximum Gasteiger partial charge on any atom is 0.220 e. The van der Waals surface area contributed by atoms with E-state index >= 15 is 0 Å². The van der Waals surface area contributed by atoms with E-state index in [0.717, 1.165) is 22.4 Å². The molecule has 0 saturated carbocycles. The molecule has 0 fully saturated rings. The first-order chi connectivity index (χ1) is 15.1. The Hall–Kier alpha value is -3.73. The van der Waals surface area contributed by atoms with E-state index in [1.165, 1.54) is 12.1 Å². The predicted molar refractivity (Wildman–Crippen MR) is 119 cm³/mol. The van der Waals surface area contributed by atoms with Gasteiger partial charge in [-0.2, -0.15) is 0 Å². The summed E-state index contributed by atoms with van der Waals surface area (Å²) >= 11 is 0. The number of rotatable bonds is 7. The fraction of sp³-hybridized carbons (Fsp3) is 0.154. The van der Waals surface area contributed by atoms with Gasteiger partial charge in [0, 0.05) is 24.0 Å². The predicted octanol–water partition coefficient (Wildman–Crippen LogP) is 5.96. The molecule has 0 radical (unpaired) electrons. The number of hydrogen-bond acceptors (Lipinski definition) is 3. The number of aryl methyl sites for hydroxylation is 1. The molecular weight excluding hydrogens is 391 g/mol. The summed E-state index contributed by atoms with van der Waals surface area (Å²) in [4.78, 5) is 17.1. The first-order valence-electron chi connectivity index (χ1n) is 10.3. The number of amides is 1. The Kier molecular flexibility index (Phi) is 6.22. The first-order valence-corrected chi connectivity index (χ1v) is 10.3. The second-order valence-electron chi connectivity index (χ2n) is 7.36. The molecular formula is C26H23FN2O2. The van der Waals surface area contributed by atoms with Crippen molar-refractivity contribution in [3.63, 3.8) is 0 Å². The SMILES string of the molecule is CC(NC(=O)CCc1nc(-c2ccccc2)c(-c2ccccc2)o1)c1cccc(F)c1. The molecule has 1 amide bonds. The minimum absolute atomic E-state index is 0.141. The summed E-state index contributed by atoms with van der Waals surface area (Å²) in [6.07, 6.45) is 0.594. The molecule has 4 aromatic rings. The molecule has 156 valence electrons. The lowest BCUT2D eigenvalue weighted by atomic mass is 10.1. The van der Waals surface area contributed by atoms with Crippen LogP contribution in [0.25, 0.3) is 22.6 Å². The van der Waals surface area contributed by atoms with E-state index < -0.39 is 0 Å². The molecule has 3 aromatic carbocycles. The number of nitrogens with zero attached hydrogens (tertiary/aromatic N) is 1. The van der Waals surface area contributed by atoms with Crippen LogP contribution in [0.5, 0.6) is 0 Å². The number of oxazole rings is 1. The molecule has 0 aliphatic heterocycles. The Morgan fingerprint density at radius 2 is 1.65 bits per heavy atom. The fourth-order valence-electron chi connectivity index (χ4n) is 3.44. The third kappa shape index (κ3) is 5.07. The van der Waals surface area contributed by atoms with Crippen LogP contribution in [0.4, 0.5) is 4.39 Å².